The van der Waals surface area contributed by atoms with Crippen LogP contribution in [0.25, 0.3) is 0 Å². The van der Waals surface area contributed by atoms with Gasteiger partial charge in [0.05, 0.1) is 18.1 Å². The molecule has 2 bridgehead atoms. The number of fused-ring (bicyclic) bond motifs is 3. The number of hydrogen-bond acceptors (Lipinski definition) is 5. The smallest absolute Gasteiger partial charge is 0.261 e. The summed E-state index contributed by atoms with van der Waals surface area (Å²) in [6, 6.07) is 4.35. The normalized spacial score (nSPS) is 33.5. The first-order valence-electron chi connectivity index (χ1n) is 9.15. The molecule has 24 heavy (non-hydrogen) atoms. The van der Waals surface area contributed by atoms with Crippen molar-refractivity contribution < 1.29 is 9.53 Å². The van der Waals surface area contributed by atoms with Crippen LogP contribution >= 0.6 is 11.3 Å². The van der Waals surface area contributed by atoms with Crippen molar-refractivity contribution in [2.75, 3.05) is 52.5 Å². The zero-order valence-corrected chi connectivity index (χ0v) is 15.0. The molecular formula is C18H27N3O2S. The molecule has 4 unspecified atom stereocenters. The SMILES string of the molecule is O=C(NCC1CC2CCN1CC2CN1CCOCC1)c1cccs1. The van der Waals surface area contributed by atoms with Gasteiger partial charge < -0.3 is 10.1 Å². The fourth-order valence-corrected chi connectivity index (χ4v) is 5.13. The molecule has 1 N–H and O–H groups in total. The van der Waals surface area contributed by atoms with Crippen molar-refractivity contribution in [2.45, 2.75) is 18.9 Å². The number of piperidine rings is 3. The fourth-order valence-electron chi connectivity index (χ4n) is 4.49. The summed E-state index contributed by atoms with van der Waals surface area (Å²) in [5.74, 6) is 1.69. The molecule has 6 heteroatoms. The van der Waals surface area contributed by atoms with Gasteiger partial charge in [-0.05, 0) is 42.7 Å². The third-order valence-electron chi connectivity index (χ3n) is 5.85. The highest BCUT2D eigenvalue weighted by Crippen LogP contribution is 2.36. The van der Waals surface area contributed by atoms with Gasteiger partial charge in [0.2, 0.25) is 0 Å². The van der Waals surface area contributed by atoms with Gasteiger partial charge in [0.1, 0.15) is 0 Å². The van der Waals surface area contributed by atoms with E-state index in [1.165, 1.54) is 43.8 Å². The molecule has 0 spiro atoms. The van der Waals surface area contributed by atoms with Gasteiger partial charge in [0, 0.05) is 38.8 Å². The number of nitrogens with zero attached hydrogens (tertiary/aromatic N) is 2. The van der Waals surface area contributed by atoms with Crippen LogP contribution in [-0.2, 0) is 4.74 Å². The van der Waals surface area contributed by atoms with Crippen molar-refractivity contribution in [3.8, 4) is 0 Å². The van der Waals surface area contributed by atoms with Crippen LogP contribution in [0.1, 0.15) is 22.5 Å². The molecule has 0 aliphatic carbocycles. The monoisotopic (exact) mass is 349 g/mol. The van der Waals surface area contributed by atoms with Crippen LogP contribution in [0.4, 0.5) is 0 Å². The molecule has 5 nitrogen and oxygen atoms in total. The van der Waals surface area contributed by atoms with Crippen molar-refractivity contribution in [2.24, 2.45) is 11.8 Å². The third kappa shape index (κ3) is 3.67. The summed E-state index contributed by atoms with van der Waals surface area (Å²) in [4.78, 5) is 18.1. The Labute approximate surface area is 148 Å². The van der Waals surface area contributed by atoms with Crippen LogP contribution < -0.4 is 5.32 Å². The Morgan fingerprint density at radius 3 is 2.92 bits per heavy atom. The van der Waals surface area contributed by atoms with Crippen LogP contribution in [0.3, 0.4) is 0 Å². The third-order valence-corrected chi connectivity index (χ3v) is 6.72. The molecule has 0 aromatic carbocycles. The molecule has 0 saturated carbocycles. The van der Waals surface area contributed by atoms with E-state index in [-0.39, 0.29) is 5.91 Å². The number of rotatable bonds is 5. The van der Waals surface area contributed by atoms with Crippen molar-refractivity contribution in [3.63, 3.8) is 0 Å². The van der Waals surface area contributed by atoms with Crippen LogP contribution in [0.5, 0.6) is 0 Å². The van der Waals surface area contributed by atoms with Gasteiger partial charge >= 0.3 is 0 Å². The largest absolute Gasteiger partial charge is 0.379 e. The second-order valence-corrected chi connectivity index (χ2v) is 8.24. The highest BCUT2D eigenvalue weighted by atomic mass is 32.1. The number of carbonyl (C=O) groups excluding carboxylic acids is 1. The fraction of sp³-hybridized carbons (Fsp3) is 0.722. The predicted molar refractivity (Wildman–Crippen MR) is 95.5 cm³/mol. The van der Waals surface area contributed by atoms with E-state index in [1.54, 1.807) is 0 Å². The first kappa shape index (κ1) is 16.5. The van der Waals surface area contributed by atoms with Crippen LogP contribution in [0, 0.1) is 11.8 Å². The summed E-state index contributed by atoms with van der Waals surface area (Å²) >= 11 is 1.51. The molecule has 4 saturated heterocycles. The first-order chi connectivity index (χ1) is 11.8. The Kier molecular flexibility index (Phi) is 5.17. The number of nitrogens with one attached hydrogen (secondary N) is 1. The Balaban J connectivity index is 1.27. The zero-order chi connectivity index (χ0) is 16.4. The number of thiophene rings is 1. The van der Waals surface area contributed by atoms with Crippen molar-refractivity contribution in [3.05, 3.63) is 22.4 Å². The van der Waals surface area contributed by atoms with Crippen LogP contribution in [0.2, 0.25) is 0 Å². The standard InChI is InChI=1S/C18H27N3O2S/c22-18(17-2-1-9-24-17)19-11-16-10-14-3-4-21(16)13-15(14)12-20-5-7-23-8-6-20/h1-2,9,14-16H,3-8,10-13H2,(H,19,22). The maximum absolute atomic E-state index is 12.1. The minimum Gasteiger partial charge on any atom is -0.379 e. The molecule has 4 aliphatic rings. The van der Waals surface area contributed by atoms with Crippen molar-refractivity contribution >= 4 is 17.2 Å². The topological polar surface area (TPSA) is 44.8 Å². The molecule has 5 rings (SSSR count). The molecule has 4 atom stereocenters. The van der Waals surface area contributed by atoms with Gasteiger partial charge in [-0.2, -0.15) is 0 Å². The van der Waals surface area contributed by atoms with E-state index in [0.717, 1.165) is 49.6 Å². The van der Waals surface area contributed by atoms with E-state index < -0.39 is 0 Å². The summed E-state index contributed by atoms with van der Waals surface area (Å²) in [5, 5.41) is 5.09. The molecular weight excluding hydrogens is 322 g/mol. The number of morpholine rings is 1. The van der Waals surface area contributed by atoms with Crippen LogP contribution in [-0.4, -0.2) is 74.2 Å². The van der Waals surface area contributed by atoms with E-state index in [1.807, 2.05) is 17.5 Å². The maximum atomic E-state index is 12.1. The molecule has 5 heterocycles. The van der Waals surface area contributed by atoms with E-state index >= 15 is 0 Å². The summed E-state index contributed by atoms with van der Waals surface area (Å²) in [6.45, 7) is 8.35. The average molecular weight is 350 g/mol. The molecule has 0 radical (unpaired) electrons. The lowest BCUT2D eigenvalue weighted by molar-refractivity contribution is -0.0292. The molecule has 1 aromatic heterocycles. The van der Waals surface area contributed by atoms with Gasteiger partial charge in [-0.1, -0.05) is 6.07 Å². The molecule has 132 valence electrons. The zero-order valence-electron chi connectivity index (χ0n) is 14.2. The molecule has 4 aliphatic heterocycles. The predicted octanol–water partition coefficient (Wildman–Crippen LogP) is 1.52. The van der Waals surface area contributed by atoms with E-state index in [2.05, 4.69) is 15.1 Å². The molecule has 1 aromatic rings. The van der Waals surface area contributed by atoms with E-state index in [0.29, 0.717) is 6.04 Å². The summed E-state index contributed by atoms with van der Waals surface area (Å²) < 4.78 is 5.46. The minimum atomic E-state index is 0.0810. The minimum absolute atomic E-state index is 0.0810. The number of amides is 1. The number of ether oxygens (including phenoxy) is 1. The lowest BCUT2D eigenvalue weighted by Crippen LogP contribution is -2.58. The molecule has 4 fully saturated rings. The average Bonchev–Trinajstić information content (AvgIpc) is 3.16. The summed E-state index contributed by atoms with van der Waals surface area (Å²) in [7, 11) is 0. The lowest BCUT2D eigenvalue weighted by Gasteiger charge is -2.51. The summed E-state index contributed by atoms with van der Waals surface area (Å²) in [5.41, 5.74) is 0. The van der Waals surface area contributed by atoms with Crippen LogP contribution in [0.15, 0.2) is 17.5 Å². The first-order valence-corrected chi connectivity index (χ1v) is 10.0. The molecule has 1 amide bonds. The summed E-state index contributed by atoms with van der Waals surface area (Å²) in [6.07, 6.45) is 2.56. The lowest BCUT2D eigenvalue weighted by atomic mass is 9.75. The second-order valence-electron chi connectivity index (χ2n) is 7.29. The Bertz CT molecular complexity index is 544. The van der Waals surface area contributed by atoms with Gasteiger partial charge in [0.25, 0.3) is 5.91 Å². The quantitative estimate of drug-likeness (QED) is 0.875. The highest BCUT2D eigenvalue weighted by molar-refractivity contribution is 7.12. The van der Waals surface area contributed by atoms with Crippen molar-refractivity contribution in [1.82, 2.24) is 15.1 Å². The number of hydrogen-bond donors (Lipinski definition) is 1. The number of carbonyl (C=O) groups is 1. The van der Waals surface area contributed by atoms with Gasteiger partial charge in [0.15, 0.2) is 0 Å². The Hall–Kier alpha value is -0.950. The maximum Gasteiger partial charge on any atom is 0.261 e. The van der Waals surface area contributed by atoms with Gasteiger partial charge in [-0.3, -0.25) is 14.6 Å². The van der Waals surface area contributed by atoms with E-state index in [9.17, 15) is 4.79 Å². The van der Waals surface area contributed by atoms with Gasteiger partial charge in [-0.25, -0.2) is 0 Å². The van der Waals surface area contributed by atoms with Gasteiger partial charge in [-0.15, -0.1) is 11.3 Å². The Morgan fingerprint density at radius 1 is 1.33 bits per heavy atom. The van der Waals surface area contributed by atoms with Crippen molar-refractivity contribution in [1.29, 1.82) is 0 Å². The second kappa shape index (κ2) is 7.52. The highest BCUT2D eigenvalue weighted by Gasteiger charge is 2.40. The Morgan fingerprint density at radius 2 is 2.21 bits per heavy atom. The van der Waals surface area contributed by atoms with E-state index in [4.69, 9.17) is 4.74 Å².